The predicted octanol–water partition coefficient (Wildman–Crippen LogP) is 3.10. The Hall–Kier alpha value is -0.630. The predicted molar refractivity (Wildman–Crippen MR) is 51.3 cm³/mol. The second kappa shape index (κ2) is 6.10. The van der Waals surface area contributed by atoms with Gasteiger partial charge in [0.2, 0.25) is 0 Å². The lowest BCUT2D eigenvalue weighted by atomic mass is 10.3. The maximum absolute atomic E-state index is 8.72. The van der Waals surface area contributed by atoms with E-state index in [-0.39, 0.29) is 5.75 Å². The molecule has 0 heterocycles. The second-order valence-corrected chi connectivity index (χ2v) is 2.74. The molecule has 0 aliphatic heterocycles. The summed E-state index contributed by atoms with van der Waals surface area (Å²) in [7, 11) is 0. The first-order valence-electron chi connectivity index (χ1n) is 3.68. The summed E-state index contributed by atoms with van der Waals surface area (Å²) in [6.45, 7) is 4.25. The lowest BCUT2D eigenvalue weighted by Crippen LogP contribution is -1.62. The first-order valence-corrected chi connectivity index (χ1v) is 4.13. The van der Waals surface area contributed by atoms with Crippen molar-refractivity contribution >= 4 is 12.6 Å². The van der Waals surface area contributed by atoms with E-state index in [1.807, 2.05) is 0 Å². The molecule has 0 aliphatic carbocycles. The fraction of sp³-hybridized carbons (Fsp3) is 0.333. The molecule has 0 bridgehead atoms. The molecule has 11 heavy (non-hydrogen) atoms. The summed E-state index contributed by atoms with van der Waals surface area (Å²) in [4.78, 5) is 0.864. The van der Waals surface area contributed by atoms with Crippen molar-refractivity contribution in [2.45, 2.75) is 25.2 Å². The summed E-state index contributed by atoms with van der Waals surface area (Å²) in [5, 5.41) is 8.72. The van der Waals surface area contributed by atoms with E-state index in [0.717, 1.165) is 4.90 Å². The van der Waals surface area contributed by atoms with E-state index in [1.165, 1.54) is 6.42 Å². The van der Waals surface area contributed by atoms with Crippen LogP contribution in [0.1, 0.15) is 20.3 Å². The van der Waals surface area contributed by atoms with Crippen molar-refractivity contribution in [2.75, 3.05) is 0 Å². The third kappa shape index (κ3) is 5.80. The van der Waals surface area contributed by atoms with Crippen LogP contribution in [0, 0.1) is 0 Å². The highest BCUT2D eigenvalue weighted by Crippen LogP contribution is 2.11. The van der Waals surface area contributed by atoms with Crippen molar-refractivity contribution in [1.29, 1.82) is 0 Å². The molecule has 0 unspecified atom stereocenters. The minimum atomic E-state index is 0.280. The van der Waals surface area contributed by atoms with Crippen molar-refractivity contribution in [3.63, 3.8) is 0 Å². The second-order valence-electron chi connectivity index (χ2n) is 2.22. The van der Waals surface area contributed by atoms with E-state index in [0.29, 0.717) is 0 Å². The zero-order valence-corrected chi connectivity index (χ0v) is 7.81. The number of thiol groups is 1. The van der Waals surface area contributed by atoms with E-state index in [1.54, 1.807) is 24.3 Å². The highest BCUT2D eigenvalue weighted by atomic mass is 32.1. The Morgan fingerprint density at radius 3 is 1.82 bits per heavy atom. The van der Waals surface area contributed by atoms with Gasteiger partial charge in [-0.3, -0.25) is 0 Å². The molecule has 62 valence electrons. The Kier molecular flexibility index (Phi) is 5.75. The van der Waals surface area contributed by atoms with Crippen LogP contribution in [-0.2, 0) is 0 Å². The van der Waals surface area contributed by atoms with Gasteiger partial charge < -0.3 is 5.11 Å². The number of hydrogen-bond donors (Lipinski definition) is 2. The molecule has 0 saturated carbocycles. The van der Waals surface area contributed by atoms with Crippen LogP contribution in [0.5, 0.6) is 5.75 Å². The van der Waals surface area contributed by atoms with Crippen LogP contribution >= 0.6 is 12.6 Å². The third-order valence-corrected chi connectivity index (χ3v) is 1.15. The molecular formula is C9H14OS. The van der Waals surface area contributed by atoms with Gasteiger partial charge in [-0.1, -0.05) is 20.3 Å². The van der Waals surface area contributed by atoms with Crippen molar-refractivity contribution in [1.82, 2.24) is 0 Å². The van der Waals surface area contributed by atoms with E-state index in [2.05, 4.69) is 26.5 Å². The first-order chi connectivity index (χ1) is 5.20. The Labute approximate surface area is 73.5 Å². The maximum atomic E-state index is 8.72. The van der Waals surface area contributed by atoms with Crippen LogP contribution in [0.4, 0.5) is 0 Å². The number of rotatable bonds is 0. The molecule has 0 amide bonds. The molecular weight excluding hydrogens is 156 g/mol. The largest absolute Gasteiger partial charge is 0.508 e. The van der Waals surface area contributed by atoms with Gasteiger partial charge in [0.15, 0.2) is 0 Å². The monoisotopic (exact) mass is 170 g/mol. The highest BCUT2D eigenvalue weighted by molar-refractivity contribution is 7.80. The number of phenolic OH excluding ortho intramolecular Hbond substituents is 1. The quantitative estimate of drug-likeness (QED) is 0.573. The van der Waals surface area contributed by atoms with E-state index in [9.17, 15) is 0 Å². The normalized spacial score (nSPS) is 8.27. The Morgan fingerprint density at radius 2 is 1.55 bits per heavy atom. The molecule has 0 atom stereocenters. The SMILES string of the molecule is CCC.Oc1ccc(S)cc1. The average Bonchev–Trinajstić information content (AvgIpc) is 1.97. The summed E-state index contributed by atoms with van der Waals surface area (Å²) in [5.41, 5.74) is 0. The van der Waals surface area contributed by atoms with Gasteiger partial charge in [0.1, 0.15) is 5.75 Å². The number of phenols is 1. The molecule has 1 nitrogen and oxygen atoms in total. The lowest BCUT2D eigenvalue weighted by Gasteiger charge is -1.88. The van der Waals surface area contributed by atoms with Gasteiger partial charge in [-0.05, 0) is 24.3 Å². The van der Waals surface area contributed by atoms with Crippen LogP contribution in [0.2, 0.25) is 0 Å². The van der Waals surface area contributed by atoms with Crippen LogP contribution in [-0.4, -0.2) is 5.11 Å². The molecule has 0 spiro atoms. The zero-order valence-electron chi connectivity index (χ0n) is 6.91. The molecule has 0 radical (unpaired) electrons. The Morgan fingerprint density at radius 1 is 1.18 bits per heavy atom. The van der Waals surface area contributed by atoms with E-state index < -0.39 is 0 Å². The zero-order chi connectivity index (χ0) is 8.69. The number of aromatic hydroxyl groups is 1. The molecule has 1 aromatic carbocycles. The van der Waals surface area contributed by atoms with Gasteiger partial charge in [-0.25, -0.2) is 0 Å². The fourth-order valence-electron chi connectivity index (χ4n) is 0.453. The molecule has 0 aromatic heterocycles. The topological polar surface area (TPSA) is 20.2 Å². The summed E-state index contributed by atoms with van der Waals surface area (Å²) in [5.74, 6) is 0.280. The summed E-state index contributed by atoms with van der Waals surface area (Å²) >= 11 is 4.02. The Bertz CT molecular complexity index is 160. The standard InChI is InChI=1S/C6H6OS.C3H8/c7-5-1-3-6(8)4-2-5;1-3-2/h1-4,7-8H;3H2,1-2H3. The smallest absolute Gasteiger partial charge is 0.115 e. The molecule has 1 N–H and O–H groups in total. The van der Waals surface area contributed by atoms with Crippen molar-refractivity contribution < 1.29 is 5.11 Å². The number of benzene rings is 1. The minimum Gasteiger partial charge on any atom is -0.508 e. The molecule has 1 aromatic rings. The molecule has 1 rings (SSSR count). The molecule has 0 saturated heterocycles. The van der Waals surface area contributed by atoms with Crippen LogP contribution in [0.15, 0.2) is 29.2 Å². The van der Waals surface area contributed by atoms with Crippen molar-refractivity contribution in [3.8, 4) is 5.75 Å². The van der Waals surface area contributed by atoms with Gasteiger partial charge >= 0.3 is 0 Å². The lowest BCUT2D eigenvalue weighted by molar-refractivity contribution is 0.475. The van der Waals surface area contributed by atoms with Gasteiger partial charge in [0.05, 0.1) is 0 Å². The average molecular weight is 170 g/mol. The maximum Gasteiger partial charge on any atom is 0.115 e. The van der Waals surface area contributed by atoms with Crippen molar-refractivity contribution in [3.05, 3.63) is 24.3 Å². The van der Waals surface area contributed by atoms with E-state index >= 15 is 0 Å². The minimum absolute atomic E-state index is 0.280. The summed E-state index contributed by atoms with van der Waals surface area (Å²) in [6.07, 6.45) is 1.25. The van der Waals surface area contributed by atoms with Crippen LogP contribution in [0.3, 0.4) is 0 Å². The fourth-order valence-corrected chi connectivity index (χ4v) is 0.602. The van der Waals surface area contributed by atoms with Crippen LogP contribution in [0.25, 0.3) is 0 Å². The summed E-state index contributed by atoms with van der Waals surface area (Å²) < 4.78 is 0. The summed E-state index contributed by atoms with van der Waals surface area (Å²) in [6, 6.07) is 6.67. The third-order valence-electron chi connectivity index (χ3n) is 0.850. The highest BCUT2D eigenvalue weighted by Gasteiger charge is 1.82. The molecule has 2 heteroatoms. The van der Waals surface area contributed by atoms with Crippen molar-refractivity contribution in [2.24, 2.45) is 0 Å². The van der Waals surface area contributed by atoms with Gasteiger partial charge in [-0.15, -0.1) is 12.6 Å². The van der Waals surface area contributed by atoms with E-state index in [4.69, 9.17) is 5.11 Å². The Balaban J connectivity index is 0.000000292. The van der Waals surface area contributed by atoms with Crippen LogP contribution < -0.4 is 0 Å². The van der Waals surface area contributed by atoms with Gasteiger partial charge in [0.25, 0.3) is 0 Å². The first kappa shape index (κ1) is 10.4. The molecule has 0 aliphatic rings. The molecule has 0 fully saturated rings. The number of hydrogen-bond acceptors (Lipinski definition) is 2. The van der Waals surface area contributed by atoms with Gasteiger partial charge in [0, 0.05) is 4.90 Å². The van der Waals surface area contributed by atoms with Gasteiger partial charge in [-0.2, -0.15) is 0 Å².